The SMILES string of the molecule is Brc1ccc2nc(N3CCCC(Oc4cccnc4)C3)ncc2c1. The summed E-state index contributed by atoms with van der Waals surface area (Å²) in [5.74, 6) is 1.58. The Kier molecular flexibility index (Phi) is 4.30. The first kappa shape index (κ1) is 15.3. The normalized spacial score (nSPS) is 17.9. The summed E-state index contributed by atoms with van der Waals surface area (Å²) in [6.45, 7) is 1.74. The van der Waals surface area contributed by atoms with Crippen LogP contribution in [0.4, 0.5) is 5.95 Å². The van der Waals surface area contributed by atoms with Crippen molar-refractivity contribution in [2.45, 2.75) is 18.9 Å². The summed E-state index contributed by atoms with van der Waals surface area (Å²) in [5.41, 5.74) is 0.957. The molecule has 3 heterocycles. The van der Waals surface area contributed by atoms with E-state index < -0.39 is 0 Å². The second-order valence-corrected chi connectivity index (χ2v) is 6.81. The molecule has 0 aliphatic carbocycles. The van der Waals surface area contributed by atoms with E-state index in [2.05, 4.69) is 30.8 Å². The highest BCUT2D eigenvalue weighted by molar-refractivity contribution is 9.10. The summed E-state index contributed by atoms with van der Waals surface area (Å²) < 4.78 is 7.08. The molecular weight excluding hydrogens is 368 g/mol. The standard InChI is InChI=1S/C18H17BrN4O/c19-14-5-6-17-13(9-14)10-21-18(22-17)23-8-2-4-16(12-23)24-15-3-1-7-20-11-15/h1,3,5-7,9-11,16H,2,4,8,12H2. The predicted octanol–water partition coefficient (Wildman–Crippen LogP) is 3.84. The number of hydrogen-bond acceptors (Lipinski definition) is 5. The monoisotopic (exact) mass is 384 g/mol. The molecule has 24 heavy (non-hydrogen) atoms. The number of hydrogen-bond donors (Lipinski definition) is 0. The maximum atomic E-state index is 6.04. The molecule has 122 valence electrons. The summed E-state index contributed by atoms with van der Waals surface area (Å²) in [5, 5.41) is 1.04. The fraction of sp³-hybridized carbons (Fsp3) is 0.278. The van der Waals surface area contributed by atoms with Crippen LogP contribution in [-0.4, -0.2) is 34.1 Å². The first-order valence-electron chi connectivity index (χ1n) is 8.02. The Labute approximate surface area is 148 Å². The van der Waals surface area contributed by atoms with Gasteiger partial charge in [0.25, 0.3) is 0 Å². The van der Waals surface area contributed by atoms with E-state index in [0.717, 1.165) is 53.0 Å². The van der Waals surface area contributed by atoms with Crippen molar-refractivity contribution in [3.8, 4) is 5.75 Å². The van der Waals surface area contributed by atoms with Crippen LogP contribution in [0.1, 0.15) is 12.8 Å². The number of fused-ring (bicyclic) bond motifs is 1. The quantitative estimate of drug-likeness (QED) is 0.686. The van der Waals surface area contributed by atoms with Crippen LogP contribution < -0.4 is 9.64 Å². The van der Waals surface area contributed by atoms with Gasteiger partial charge >= 0.3 is 0 Å². The first-order chi connectivity index (χ1) is 11.8. The minimum atomic E-state index is 0.132. The van der Waals surface area contributed by atoms with E-state index in [1.807, 2.05) is 36.5 Å². The van der Waals surface area contributed by atoms with Crippen molar-refractivity contribution in [1.29, 1.82) is 0 Å². The Hall–Kier alpha value is -2.21. The summed E-state index contributed by atoms with van der Waals surface area (Å²) >= 11 is 3.48. The Morgan fingerprint density at radius 2 is 2.17 bits per heavy atom. The zero-order valence-corrected chi connectivity index (χ0v) is 14.7. The number of pyridine rings is 1. The summed E-state index contributed by atoms with van der Waals surface area (Å²) in [7, 11) is 0. The van der Waals surface area contributed by atoms with Gasteiger partial charge in [0.2, 0.25) is 5.95 Å². The van der Waals surface area contributed by atoms with E-state index in [1.165, 1.54) is 0 Å². The summed E-state index contributed by atoms with van der Waals surface area (Å²) in [6.07, 6.45) is 7.62. The average molecular weight is 385 g/mol. The second kappa shape index (κ2) is 6.73. The zero-order chi connectivity index (χ0) is 16.4. The third kappa shape index (κ3) is 3.33. The van der Waals surface area contributed by atoms with Crippen LogP contribution in [0.2, 0.25) is 0 Å². The molecule has 1 saturated heterocycles. The third-order valence-corrected chi connectivity index (χ3v) is 4.62. The molecule has 1 unspecified atom stereocenters. The van der Waals surface area contributed by atoms with E-state index in [9.17, 15) is 0 Å². The number of nitrogens with zero attached hydrogens (tertiary/aromatic N) is 4. The van der Waals surface area contributed by atoms with Crippen molar-refractivity contribution < 1.29 is 4.74 Å². The number of benzene rings is 1. The lowest BCUT2D eigenvalue weighted by molar-refractivity contribution is 0.178. The molecular formula is C18H17BrN4O. The lowest BCUT2D eigenvalue weighted by atomic mass is 10.1. The van der Waals surface area contributed by atoms with Crippen LogP contribution in [0.15, 0.2) is 53.4 Å². The Morgan fingerprint density at radius 1 is 1.21 bits per heavy atom. The van der Waals surface area contributed by atoms with Crippen molar-refractivity contribution >= 4 is 32.8 Å². The molecule has 3 aromatic rings. The fourth-order valence-corrected chi connectivity index (χ4v) is 3.35. The smallest absolute Gasteiger partial charge is 0.226 e. The number of aromatic nitrogens is 3. The number of halogens is 1. The van der Waals surface area contributed by atoms with Crippen LogP contribution >= 0.6 is 15.9 Å². The van der Waals surface area contributed by atoms with Crippen LogP contribution in [0, 0.1) is 0 Å². The van der Waals surface area contributed by atoms with Crippen molar-refractivity contribution in [2.24, 2.45) is 0 Å². The molecule has 6 heteroatoms. The van der Waals surface area contributed by atoms with Gasteiger partial charge in [-0.3, -0.25) is 4.98 Å². The Bertz CT molecular complexity index is 843. The number of anilines is 1. The molecule has 0 bridgehead atoms. The first-order valence-corrected chi connectivity index (χ1v) is 8.81. The Balaban J connectivity index is 1.52. The van der Waals surface area contributed by atoms with Gasteiger partial charge in [-0.2, -0.15) is 0 Å². The highest BCUT2D eigenvalue weighted by atomic mass is 79.9. The van der Waals surface area contributed by atoms with Gasteiger partial charge in [0.05, 0.1) is 18.3 Å². The van der Waals surface area contributed by atoms with Gasteiger partial charge in [-0.05, 0) is 43.2 Å². The van der Waals surface area contributed by atoms with Gasteiger partial charge in [0.15, 0.2) is 0 Å². The van der Waals surface area contributed by atoms with Crippen molar-refractivity contribution in [3.05, 3.63) is 53.4 Å². The minimum Gasteiger partial charge on any atom is -0.487 e. The molecule has 1 aromatic carbocycles. The van der Waals surface area contributed by atoms with E-state index in [4.69, 9.17) is 9.72 Å². The number of rotatable bonds is 3. The molecule has 1 atom stereocenters. The molecule has 2 aromatic heterocycles. The van der Waals surface area contributed by atoms with E-state index >= 15 is 0 Å². The largest absolute Gasteiger partial charge is 0.487 e. The molecule has 0 radical (unpaired) electrons. The zero-order valence-electron chi connectivity index (χ0n) is 13.1. The van der Waals surface area contributed by atoms with Crippen molar-refractivity contribution in [1.82, 2.24) is 15.0 Å². The second-order valence-electron chi connectivity index (χ2n) is 5.89. The molecule has 4 rings (SSSR count). The molecule has 1 fully saturated rings. The topological polar surface area (TPSA) is 51.1 Å². The maximum Gasteiger partial charge on any atom is 0.226 e. The summed E-state index contributed by atoms with van der Waals surface area (Å²) in [4.78, 5) is 15.5. The van der Waals surface area contributed by atoms with E-state index in [-0.39, 0.29) is 6.10 Å². The van der Waals surface area contributed by atoms with Crippen molar-refractivity contribution in [2.75, 3.05) is 18.0 Å². The lowest BCUT2D eigenvalue weighted by Crippen LogP contribution is -2.42. The molecule has 0 amide bonds. The van der Waals surface area contributed by atoms with Gasteiger partial charge in [-0.15, -0.1) is 0 Å². The maximum absolute atomic E-state index is 6.04. The van der Waals surface area contributed by atoms with Crippen LogP contribution in [0.3, 0.4) is 0 Å². The molecule has 0 N–H and O–H groups in total. The van der Waals surface area contributed by atoms with Crippen LogP contribution in [0.25, 0.3) is 10.9 Å². The van der Waals surface area contributed by atoms with E-state index in [1.54, 1.807) is 12.4 Å². The predicted molar refractivity (Wildman–Crippen MR) is 97.3 cm³/mol. The molecule has 1 aliphatic rings. The number of piperidine rings is 1. The van der Waals surface area contributed by atoms with E-state index in [0.29, 0.717) is 0 Å². The highest BCUT2D eigenvalue weighted by Gasteiger charge is 2.23. The lowest BCUT2D eigenvalue weighted by Gasteiger charge is -2.32. The third-order valence-electron chi connectivity index (χ3n) is 4.13. The molecule has 5 nitrogen and oxygen atoms in total. The van der Waals surface area contributed by atoms with Gasteiger partial charge in [-0.25, -0.2) is 9.97 Å². The van der Waals surface area contributed by atoms with Crippen LogP contribution in [-0.2, 0) is 0 Å². The molecule has 0 saturated carbocycles. The number of ether oxygens (including phenoxy) is 1. The van der Waals surface area contributed by atoms with Crippen LogP contribution in [0.5, 0.6) is 5.75 Å². The van der Waals surface area contributed by atoms with Gasteiger partial charge < -0.3 is 9.64 Å². The minimum absolute atomic E-state index is 0.132. The molecule has 1 aliphatic heterocycles. The average Bonchev–Trinajstić information content (AvgIpc) is 2.62. The molecule has 0 spiro atoms. The van der Waals surface area contributed by atoms with Crippen molar-refractivity contribution in [3.63, 3.8) is 0 Å². The van der Waals surface area contributed by atoms with Gasteiger partial charge in [-0.1, -0.05) is 15.9 Å². The fourth-order valence-electron chi connectivity index (χ4n) is 2.97. The van der Waals surface area contributed by atoms with Gasteiger partial charge in [0, 0.05) is 28.8 Å². The Morgan fingerprint density at radius 3 is 3.04 bits per heavy atom. The summed E-state index contributed by atoms with van der Waals surface area (Å²) in [6, 6.07) is 9.88. The highest BCUT2D eigenvalue weighted by Crippen LogP contribution is 2.23. The van der Waals surface area contributed by atoms with Gasteiger partial charge in [0.1, 0.15) is 11.9 Å².